The third-order valence-corrected chi connectivity index (χ3v) is 3.70. The van der Waals surface area contributed by atoms with Gasteiger partial charge >= 0.3 is 0 Å². The number of para-hydroxylation sites is 1. The molecule has 2 aromatic carbocycles. The Hall–Kier alpha value is -1.54. The first-order valence-corrected chi connectivity index (χ1v) is 6.97. The molecule has 0 saturated carbocycles. The highest BCUT2D eigenvalue weighted by Crippen LogP contribution is 2.26. The summed E-state index contributed by atoms with van der Waals surface area (Å²) in [5.74, 6) is 0. The van der Waals surface area contributed by atoms with Gasteiger partial charge < -0.3 is 0 Å². The van der Waals surface area contributed by atoms with Crippen LogP contribution in [0.2, 0.25) is 10.0 Å². The lowest BCUT2D eigenvalue weighted by Crippen LogP contribution is -1.83. The van der Waals surface area contributed by atoms with Crippen molar-refractivity contribution in [3.05, 3.63) is 75.9 Å². The standard InChI is InChI=1S/C17H11Cl2N.ClH/c18-15-5-3-6-16(19)14(15)11-10-13-9-8-12-4-1-2-7-17(12)20-13;/h1-11H;1H/b11-10+;. The summed E-state index contributed by atoms with van der Waals surface area (Å²) >= 11 is 12.3. The molecule has 0 saturated heterocycles. The Morgan fingerprint density at radius 1 is 0.762 bits per heavy atom. The molecule has 3 aromatic rings. The van der Waals surface area contributed by atoms with Crippen LogP contribution >= 0.6 is 35.6 Å². The molecule has 3 rings (SSSR count). The van der Waals surface area contributed by atoms with Crippen LogP contribution < -0.4 is 0 Å². The average molecular weight is 337 g/mol. The highest BCUT2D eigenvalue weighted by molar-refractivity contribution is 6.37. The van der Waals surface area contributed by atoms with Gasteiger partial charge in [0, 0.05) is 21.0 Å². The van der Waals surface area contributed by atoms with Crippen molar-refractivity contribution in [3.63, 3.8) is 0 Å². The zero-order chi connectivity index (χ0) is 13.9. The molecular formula is C17H12Cl3N. The molecule has 4 heteroatoms. The van der Waals surface area contributed by atoms with E-state index in [0.29, 0.717) is 10.0 Å². The van der Waals surface area contributed by atoms with Crippen molar-refractivity contribution >= 4 is 58.7 Å². The molecule has 0 aliphatic heterocycles. The number of aromatic nitrogens is 1. The fraction of sp³-hybridized carbons (Fsp3) is 0. The molecule has 0 radical (unpaired) electrons. The molecule has 0 bridgehead atoms. The highest BCUT2D eigenvalue weighted by atomic mass is 35.5. The lowest BCUT2D eigenvalue weighted by molar-refractivity contribution is 1.37. The summed E-state index contributed by atoms with van der Waals surface area (Å²) in [5, 5.41) is 2.39. The minimum atomic E-state index is 0. The Balaban J connectivity index is 0.00000161. The lowest BCUT2D eigenvalue weighted by atomic mass is 10.1. The smallest absolute Gasteiger partial charge is 0.0709 e. The zero-order valence-electron chi connectivity index (χ0n) is 11.0. The van der Waals surface area contributed by atoms with Gasteiger partial charge in [-0.1, -0.05) is 53.5 Å². The zero-order valence-corrected chi connectivity index (χ0v) is 13.3. The number of fused-ring (bicyclic) bond motifs is 1. The summed E-state index contributed by atoms with van der Waals surface area (Å²) in [7, 11) is 0. The van der Waals surface area contributed by atoms with Crippen molar-refractivity contribution < 1.29 is 0 Å². The van der Waals surface area contributed by atoms with Crippen LogP contribution in [0.3, 0.4) is 0 Å². The highest BCUT2D eigenvalue weighted by Gasteiger charge is 2.01. The summed E-state index contributed by atoms with van der Waals surface area (Å²) < 4.78 is 0. The Labute approximate surface area is 139 Å². The van der Waals surface area contributed by atoms with Crippen molar-refractivity contribution in [2.75, 3.05) is 0 Å². The first kappa shape index (κ1) is 15.8. The lowest BCUT2D eigenvalue weighted by Gasteiger charge is -2.01. The van der Waals surface area contributed by atoms with Crippen molar-refractivity contribution in [2.24, 2.45) is 0 Å². The van der Waals surface area contributed by atoms with Gasteiger partial charge in [-0.3, -0.25) is 0 Å². The topological polar surface area (TPSA) is 12.9 Å². The Morgan fingerprint density at radius 3 is 2.24 bits per heavy atom. The minimum Gasteiger partial charge on any atom is -0.248 e. The first-order chi connectivity index (χ1) is 9.74. The number of hydrogen-bond acceptors (Lipinski definition) is 1. The molecule has 0 aliphatic rings. The summed E-state index contributed by atoms with van der Waals surface area (Å²) in [6, 6.07) is 17.5. The number of rotatable bonds is 2. The van der Waals surface area contributed by atoms with Crippen LogP contribution in [0.15, 0.2) is 54.6 Å². The van der Waals surface area contributed by atoms with Gasteiger partial charge in [-0.05, 0) is 36.4 Å². The maximum atomic E-state index is 6.13. The van der Waals surface area contributed by atoms with E-state index >= 15 is 0 Å². The van der Waals surface area contributed by atoms with E-state index in [9.17, 15) is 0 Å². The number of hydrogen-bond donors (Lipinski definition) is 0. The Morgan fingerprint density at radius 2 is 1.48 bits per heavy atom. The van der Waals surface area contributed by atoms with E-state index < -0.39 is 0 Å². The fourth-order valence-electron chi connectivity index (χ4n) is 2.01. The molecule has 21 heavy (non-hydrogen) atoms. The number of halogens is 3. The normalized spacial score (nSPS) is 10.8. The van der Waals surface area contributed by atoms with Crippen molar-refractivity contribution in [3.8, 4) is 0 Å². The van der Waals surface area contributed by atoms with Crippen LogP contribution in [0.25, 0.3) is 23.1 Å². The minimum absolute atomic E-state index is 0. The second kappa shape index (κ2) is 6.95. The summed E-state index contributed by atoms with van der Waals surface area (Å²) in [5.41, 5.74) is 2.66. The van der Waals surface area contributed by atoms with Crippen LogP contribution in [0.4, 0.5) is 0 Å². The van der Waals surface area contributed by atoms with Crippen LogP contribution in [0.1, 0.15) is 11.3 Å². The van der Waals surface area contributed by atoms with Gasteiger partial charge in [0.15, 0.2) is 0 Å². The van der Waals surface area contributed by atoms with Crippen LogP contribution in [0, 0.1) is 0 Å². The second-order valence-corrected chi connectivity index (χ2v) is 5.21. The third-order valence-electron chi connectivity index (χ3n) is 3.04. The fourth-order valence-corrected chi connectivity index (χ4v) is 2.54. The van der Waals surface area contributed by atoms with Gasteiger partial charge in [0.05, 0.1) is 11.2 Å². The monoisotopic (exact) mass is 335 g/mol. The molecule has 0 aliphatic carbocycles. The first-order valence-electron chi connectivity index (χ1n) is 6.22. The maximum Gasteiger partial charge on any atom is 0.0709 e. The van der Waals surface area contributed by atoms with E-state index in [1.165, 1.54) is 0 Å². The largest absolute Gasteiger partial charge is 0.248 e. The number of benzene rings is 2. The van der Waals surface area contributed by atoms with E-state index in [1.54, 1.807) is 0 Å². The summed E-state index contributed by atoms with van der Waals surface area (Å²) in [6.45, 7) is 0. The van der Waals surface area contributed by atoms with Gasteiger partial charge in [0.2, 0.25) is 0 Å². The second-order valence-electron chi connectivity index (χ2n) is 4.40. The summed E-state index contributed by atoms with van der Waals surface area (Å²) in [4.78, 5) is 4.58. The van der Waals surface area contributed by atoms with Gasteiger partial charge in [-0.2, -0.15) is 0 Å². The van der Waals surface area contributed by atoms with Gasteiger partial charge in [-0.15, -0.1) is 12.4 Å². The predicted octanol–water partition coefficient (Wildman–Crippen LogP) is 6.13. The quantitative estimate of drug-likeness (QED) is 0.548. The molecule has 0 fully saturated rings. The molecule has 106 valence electrons. The predicted molar refractivity (Wildman–Crippen MR) is 94.4 cm³/mol. The third kappa shape index (κ3) is 3.56. The molecule has 1 heterocycles. The number of nitrogens with zero attached hydrogens (tertiary/aromatic N) is 1. The van der Waals surface area contributed by atoms with E-state index in [-0.39, 0.29) is 12.4 Å². The van der Waals surface area contributed by atoms with Crippen LogP contribution in [-0.4, -0.2) is 4.98 Å². The molecular weight excluding hydrogens is 325 g/mol. The molecule has 0 amide bonds. The Kier molecular flexibility index (Phi) is 5.24. The van der Waals surface area contributed by atoms with E-state index in [2.05, 4.69) is 11.1 Å². The van der Waals surface area contributed by atoms with Gasteiger partial charge in [0.25, 0.3) is 0 Å². The van der Waals surface area contributed by atoms with Crippen LogP contribution in [-0.2, 0) is 0 Å². The molecule has 0 N–H and O–H groups in total. The average Bonchev–Trinajstić information content (AvgIpc) is 2.46. The maximum absolute atomic E-state index is 6.13. The summed E-state index contributed by atoms with van der Waals surface area (Å²) in [6.07, 6.45) is 3.81. The van der Waals surface area contributed by atoms with Crippen molar-refractivity contribution in [1.82, 2.24) is 4.98 Å². The van der Waals surface area contributed by atoms with Crippen LogP contribution in [0.5, 0.6) is 0 Å². The molecule has 0 unspecified atom stereocenters. The molecule has 0 atom stereocenters. The van der Waals surface area contributed by atoms with E-state index in [0.717, 1.165) is 22.2 Å². The van der Waals surface area contributed by atoms with Gasteiger partial charge in [0.1, 0.15) is 0 Å². The Bertz CT molecular complexity index is 777. The van der Waals surface area contributed by atoms with E-state index in [1.807, 2.05) is 60.7 Å². The van der Waals surface area contributed by atoms with Crippen molar-refractivity contribution in [1.29, 1.82) is 0 Å². The molecule has 0 spiro atoms. The van der Waals surface area contributed by atoms with Gasteiger partial charge in [-0.25, -0.2) is 4.98 Å². The molecule has 1 aromatic heterocycles. The number of pyridine rings is 1. The SMILES string of the molecule is Cl.Clc1cccc(Cl)c1/C=C/c1ccc2ccccc2n1. The van der Waals surface area contributed by atoms with Crippen molar-refractivity contribution in [2.45, 2.75) is 0 Å². The van der Waals surface area contributed by atoms with E-state index in [4.69, 9.17) is 23.2 Å². The molecule has 1 nitrogen and oxygen atoms in total.